The molecular formula is C73H106N4+4. The largest absolute Gasteiger partial charge is 0.215 e. The van der Waals surface area contributed by atoms with Crippen LogP contribution in [0.25, 0.3) is 45.0 Å². The van der Waals surface area contributed by atoms with Crippen LogP contribution in [-0.2, 0) is 34.6 Å². The highest BCUT2D eigenvalue weighted by Gasteiger charge is 2.21. The van der Waals surface area contributed by atoms with Crippen LogP contribution < -0.4 is 18.3 Å². The van der Waals surface area contributed by atoms with Gasteiger partial charge in [0.1, 0.15) is 28.2 Å². The van der Waals surface area contributed by atoms with Crippen LogP contribution in [0, 0.1) is 89.9 Å². The predicted octanol–water partition coefficient (Wildman–Crippen LogP) is 18.1. The minimum absolute atomic E-state index is 0. The van der Waals surface area contributed by atoms with Crippen LogP contribution >= 0.6 is 0 Å². The molecule has 4 aromatic heterocycles. The molecule has 0 aliphatic heterocycles. The second-order valence-corrected chi connectivity index (χ2v) is 19.6. The summed E-state index contributed by atoms with van der Waals surface area (Å²) in [6.45, 7) is 13.2. The zero-order valence-electron chi connectivity index (χ0n) is 65.3. The van der Waals surface area contributed by atoms with Gasteiger partial charge in [-0.3, -0.25) is 0 Å². The number of hydrogen-bond donors (Lipinski definition) is 0. The molecule has 8 aromatic rings. The quantitative estimate of drug-likeness (QED) is 0.141. The zero-order valence-corrected chi connectivity index (χ0v) is 46.3. The molecule has 4 aromatic carbocycles. The van der Waals surface area contributed by atoms with Gasteiger partial charge in [0.2, 0.25) is 22.8 Å². The van der Waals surface area contributed by atoms with Gasteiger partial charge in [0.05, 0.1) is 0 Å². The van der Waals surface area contributed by atoms with Crippen molar-refractivity contribution in [3.63, 3.8) is 0 Å². The van der Waals surface area contributed by atoms with Crippen molar-refractivity contribution in [1.29, 1.82) is 0 Å². The van der Waals surface area contributed by atoms with Crippen molar-refractivity contribution in [3.8, 4) is 45.0 Å². The van der Waals surface area contributed by atoms with E-state index in [0.29, 0.717) is 16.7 Å². The van der Waals surface area contributed by atoms with Crippen LogP contribution in [0.1, 0.15) is 191 Å². The molecule has 2 atom stereocenters. The maximum Gasteiger partial charge on any atom is 0.215 e. The van der Waals surface area contributed by atoms with Crippen molar-refractivity contribution in [1.82, 2.24) is 0 Å². The Kier molecular flexibility index (Phi) is 16.5. The van der Waals surface area contributed by atoms with E-state index in [1.54, 1.807) is 72.4 Å². The van der Waals surface area contributed by atoms with Crippen molar-refractivity contribution in [2.75, 3.05) is 0 Å². The summed E-state index contributed by atoms with van der Waals surface area (Å²) in [6.07, 6.45) is 5.30. The Morgan fingerprint density at radius 1 is 0.403 bits per heavy atom. The molecule has 8 rings (SSSR count). The zero-order chi connectivity index (χ0) is 70.3. The summed E-state index contributed by atoms with van der Waals surface area (Å²) >= 11 is 0. The number of pyridine rings is 4. The van der Waals surface area contributed by atoms with Crippen LogP contribution in [0.4, 0.5) is 0 Å². The molecule has 0 N–H and O–H groups in total. The molecule has 77 heavy (non-hydrogen) atoms. The van der Waals surface area contributed by atoms with Gasteiger partial charge in [0.25, 0.3) is 0 Å². The van der Waals surface area contributed by atoms with Crippen molar-refractivity contribution < 1.29 is 44.3 Å². The van der Waals surface area contributed by atoms with Crippen LogP contribution in [0.5, 0.6) is 0 Å². The second-order valence-electron chi connectivity index (χ2n) is 19.6. The molecule has 414 valence electrons. The average Bonchev–Trinajstić information content (AvgIpc) is 0.789. The summed E-state index contributed by atoms with van der Waals surface area (Å²) in [5, 5.41) is 0. The first-order valence-electron chi connectivity index (χ1n) is 34.2. The fourth-order valence-electron chi connectivity index (χ4n) is 9.35. The Hall–Kier alpha value is -6.52. The molecule has 0 aliphatic carbocycles. The van der Waals surface area contributed by atoms with Crippen molar-refractivity contribution in [3.05, 3.63) is 211 Å². The number of aromatic nitrogens is 4. The molecule has 0 amide bonds. The van der Waals surface area contributed by atoms with Crippen LogP contribution in [-0.4, -0.2) is 0 Å². The molecule has 0 radical (unpaired) electrons. The maximum atomic E-state index is 8.24. The minimum Gasteiger partial charge on any atom is -0.201 e. The van der Waals surface area contributed by atoms with E-state index in [0.717, 1.165) is 78.4 Å². The first kappa shape index (κ1) is 42.5. The molecule has 4 heteroatoms. The van der Waals surface area contributed by atoms with Crippen LogP contribution in [0.15, 0.2) is 122 Å². The van der Waals surface area contributed by atoms with Gasteiger partial charge in [-0.25, -0.2) is 18.3 Å². The van der Waals surface area contributed by atoms with E-state index in [-0.39, 0.29) is 40.8 Å². The summed E-state index contributed by atoms with van der Waals surface area (Å²) in [6, 6.07) is 29.0. The van der Waals surface area contributed by atoms with E-state index in [1.807, 2.05) is 103 Å². The standard InChI is InChI=1S/2C18H24N.C17H22N.C16H20N.4CH4/c1-12(2)16-7-8-17(14(4)10-16)18-15(5)9-13(3)11-19(18)6;1-12(2)16-7-8-17(14(4)11-16)18-15(5)13(3)9-10-19(18)6;1-6-15-7-8-16(13(3)11-15)17-14(4)12(2)9-10-18(17)5;1-11-6-7-15(13(3)10-11)16-14(4)12(2)8-9-17(16)5;;;;/h2*7-12H,1-6H3;7-11H,6H2,1-5H3;6-10H,1-5H3;4*1H4/q4*+1;;;;/i1D3,3D3,12D;1D3,12D;1D3,6D2;1D3;;;;. The Labute approximate surface area is 499 Å². The van der Waals surface area contributed by atoms with E-state index in [2.05, 4.69) is 68.9 Å². The van der Waals surface area contributed by atoms with Crippen LogP contribution in [0.2, 0.25) is 0 Å². The molecule has 0 bridgehead atoms. The molecule has 0 saturated heterocycles. The topological polar surface area (TPSA) is 15.5 Å². The van der Waals surface area contributed by atoms with E-state index < -0.39 is 52.4 Å². The van der Waals surface area contributed by atoms with Gasteiger partial charge in [0.15, 0.2) is 24.8 Å². The predicted molar refractivity (Wildman–Crippen MR) is 338 cm³/mol. The van der Waals surface area contributed by atoms with Gasteiger partial charge in [-0.2, -0.15) is 0 Å². The van der Waals surface area contributed by atoms with Crippen molar-refractivity contribution in [2.24, 2.45) is 28.2 Å². The van der Waals surface area contributed by atoms with E-state index in [9.17, 15) is 0 Å². The lowest BCUT2D eigenvalue weighted by molar-refractivity contribution is -0.661. The highest BCUT2D eigenvalue weighted by molar-refractivity contribution is 5.68. The van der Waals surface area contributed by atoms with Gasteiger partial charge in [-0.15, -0.1) is 0 Å². The highest BCUT2D eigenvalue weighted by Crippen LogP contribution is 2.31. The van der Waals surface area contributed by atoms with Crippen molar-refractivity contribution >= 4 is 0 Å². The lowest BCUT2D eigenvalue weighted by Gasteiger charge is -2.12. The van der Waals surface area contributed by atoms with E-state index in [1.165, 1.54) is 41.7 Å². The molecule has 2 unspecified atom stereocenters. The average molecular weight is 1060 g/mol. The third-order valence-electron chi connectivity index (χ3n) is 13.9. The Morgan fingerprint density at radius 3 is 1.12 bits per heavy atom. The molecule has 4 nitrogen and oxygen atoms in total. The fraction of sp³-hybridized carbons (Fsp3) is 0.397. The molecule has 0 fully saturated rings. The Balaban J connectivity index is 0.000000633. The first-order chi connectivity index (χ1) is 41.8. The third kappa shape index (κ3) is 16.5. The summed E-state index contributed by atoms with van der Waals surface area (Å²) in [7, 11) is 7.78. The van der Waals surface area contributed by atoms with Gasteiger partial charge < -0.3 is 0 Å². The second kappa shape index (κ2) is 29.8. The van der Waals surface area contributed by atoms with Crippen molar-refractivity contribution in [2.45, 2.75) is 172 Å². The monoisotopic (exact) mass is 1060 g/mol. The van der Waals surface area contributed by atoms with E-state index in [4.69, 9.17) is 26.0 Å². The fourth-order valence-corrected chi connectivity index (χ4v) is 9.35. The van der Waals surface area contributed by atoms with E-state index >= 15 is 0 Å². The highest BCUT2D eigenvalue weighted by atomic mass is 14.9. The van der Waals surface area contributed by atoms with Gasteiger partial charge in [-0.1, -0.05) is 118 Å². The molecule has 0 saturated carbocycles. The minimum atomic E-state index is -2.69. The summed E-state index contributed by atoms with van der Waals surface area (Å²) in [5.74, 6) is -3.31. The molecular weight excluding hydrogens is 933 g/mol. The number of rotatable bonds is 7. The number of benzene rings is 4. The Morgan fingerprint density at radius 2 is 0.766 bits per heavy atom. The van der Waals surface area contributed by atoms with Gasteiger partial charge in [0, 0.05) is 94.3 Å². The summed E-state index contributed by atoms with van der Waals surface area (Å²) in [4.78, 5) is 0. The Bertz CT molecular complexity index is 3860. The number of nitrogens with zero attached hydrogens (tertiary/aromatic N) is 4. The number of hydrogen-bond acceptors (Lipinski definition) is 0. The third-order valence-corrected chi connectivity index (χ3v) is 13.9. The summed E-state index contributed by atoms with van der Waals surface area (Å²) < 4.78 is 153. The molecule has 0 spiro atoms. The summed E-state index contributed by atoms with van der Waals surface area (Å²) in [5.41, 5.74) is 21.7. The normalized spacial score (nSPS) is 16.5. The lowest BCUT2D eigenvalue weighted by Crippen LogP contribution is -2.32. The SMILES string of the molecule is C.C.C.C.[2H]C([2H])([2H])C([2H])(C)c1ccc(-c2c(C)c(C)cc[n+]2C)c(C)c1.[2H]C([2H])([2H])C([2H])([2H])c1ccc(-c2c(C)c(C)cc[n+]2C)c(C)c1.[2H]C([2H])([2H])c1cc(C)c(-c2ccc(C([2H])(C)C([2H])([2H])[2H])cc2C)[n+](C)c1.[2H]C([2H])([2H])c1ccc(-c2c(C)c(C)cc[n+]2C)c(C)c1. The van der Waals surface area contributed by atoms with Gasteiger partial charge in [-0.05, 0) is 194 Å². The van der Waals surface area contributed by atoms with Crippen LogP contribution in [0.3, 0.4) is 0 Å². The maximum absolute atomic E-state index is 8.24. The molecule has 0 aliphatic rings. The van der Waals surface area contributed by atoms with Gasteiger partial charge >= 0.3 is 0 Å². The smallest absolute Gasteiger partial charge is 0.201 e. The lowest BCUT2D eigenvalue weighted by atomic mass is 9.94. The molecule has 4 heterocycles. The number of aryl methyl sites for hydroxylation is 15. The first-order valence-corrected chi connectivity index (χ1v) is 24.7.